The van der Waals surface area contributed by atoms with Crippen LogP contribution in [0, 0.1) is 5.95 Å². The van der Waals surface area contributed by atoms with Crippen LogP contribution in [0.5, 0.6) is 5.75 Å². The van der Waals surface area contributed by atoms with Gasteiger partial charge in [-0.3, -0.25) is 4.98 Å². The lowest BCUT2D eigenvalue weighted by molar-refractivity contribution is 0.573. The second-order valence-electron chi connectivity index (χ2n) is 5.23. The van der Waals surface area contributed by atoms with E-state index in [1.807, 2.05) is 47.8 Å². The molecule has 3 nitrogen and oxygen atoms in total. The lowest BCUT2D eigenvalue weighted by atomic mass is 9.60. The van der Waals surface area contributed by atoms with Gasteiger partial charge in [0.25, 0.3) is 0 Å². The Morgan fingerprint density at radius 1 is 0.917 bits per heavy atom. The van der Waals surface area contributed by atoms with Crippen molar-refractivity contribution in [1.29, 1.82) is 0 Å². The third kappa shape index (κ3) is 2.76. The molecule has 4 aromatic rings. The summed E-state index contributed by atoms with van der Waals surface area (Å²) in [6.45, 7) is -0.564. The van der Waals surface area contributed by atoms with E-state index in [1.54, 1.807) is 18.3 Å². The third-order valence-electron chi connectivity index (χ3n) is 3.71. The monoisotopic (exact) mass is 334 g/mol. The van der Waals surface area contributed by atoms with Crippen LogP contribution in [-0.4, -0.2) is 16.9 Å². The predicted molar refractivity (Wildman–Crippen MR) is 95.9 cm³/mol. The fraction of sp³-hybridized carbons (Fsp3) is 0. The molecule has 3 aromatic heterocycles. The lowest BCUT2D eigenvalue weighted by Crippen LogP contribution is -2.48. The van der Waals surface area contributed by atoms with Crippen molar-refractivity contribution < 1.29 is 9.04 Å². The summed E-state index contributed by atoms with van der Waals surface area (Å²) in [7, 11) is 0. The predicted octanol–water partition coefficient (Wildman–Crippen LogP) is 3.02. The van der Waals surface area contributed by atoms with E-state index in [-0.39, 0.29) is 0 Å². The Morgan fingerprint density at radius 3 is 2.58 bits per heavy atom. The van der Waals surface area contributed by atoms with Gasteiger partial charge in [-0.15, -0.1) is 0 Å². The van der Waals surface area contributed by atoms with Crippen LogP contribution < -0.4 is 14.9 Å². The van der Waals surface area contributed by atoms with E-state index in [0.29, 0.717) is 11.2 Å². The molecular weight excluding hydrogens is 322 g/mol. The quantitative estimate of drug-likeness (QED) is 0.425. The topological polar surface area (TPSA) is 35.0 Å². The number of thiophene rings is 1. The standard InChI is InChI=1S/C18H12BFN2OS/c20-18-14(7-3-11-22-18)19(16-9-4-12-24-16)23-15-8-1-5-13-6-2-10-21-17(13)15/h1-12H. The molecule has 0 saturated carbocycles. The molecule has 0 amide bonds. The van der Waals surface area contributed by atoms with E-state index >= 15 is 0 Å². The van der Waals surface area contributed by atoms with Crippen LogP contribution in [0.15, 0.2) is 72.4 Å². The molecule has 0 bridgehead atoms. The first kappa shape index (κ1) is 14.8. The summed E-state index contributed by atoms with van der Waals surface area (Å²) >= 11 is 1.52. The van der Waals surface area contributed by atoms with Gasteiger partial charge < -0.3 is 4.65 Å². The van der Waals surface area contributed by atoms with Crippen LogP contribution in [-0.2, 0) is 0 Å². The first-order valence-corrected chi connectivity index (χ1v) is 8.35. The molecule has 0 fully saturated rings. The highest BCUT2D eigenvalue weighted by Gasteiger charge is 2.29. The maximum atomic E-state index is 14.2. The van der Waals surface area contributed by atoms with Gasteiger partial charge in [0.1, 0.15) is 11.3 Å². The molecule has 0 saturated heterocycles. The number of hydrogen-bond acceptors (Lipinski definition) is 4. The number of para-hydroxylation sites is 1. The molecular formula is C18H12BFN2OS. The van der Waals surface area contributed by atoms with Crippen molar-refractivity contribution in [2.24, 2.45) is 0 Å². The second kappa shape index (κ2) is 6.41. The minimum absolute atomic E-state index is 0.410. The van der Waals surface area contributed by atoms with E-state index in [9.17, 15) is 4.39 Å². The van der Waals surface area contributed by atoms with Crippen LogP contribution in [0.1, 0.15) is 0 Å². The largest absolute Gasteiger partial charge is 0.549 e. The number of hydrogen-bond donors (Lipinski definition) is 0. The average molecular weight is 334 g/mol. The van der Waals surface area contributed by atoms with Gasteiger partial charge in [0.05, 0.1) is 0 Å². The molecule has 0 spiro atoms. The van der Waals surface area contributed by atoms with Crippen LogP contribution in [0.3, 0.4) is 0 Å². The Labute approximate surface area is 142 Å². The minimum Gasteiger partial charge on any atom is -0.549 e. The maximum Gasteiger partial charge on any atom is 0.441 e. The average Bonchev–Trinajstić information content (AvgIpc) is 3.15. The maximum absolute atomic E-state index is 14.2. The summed E-state index contributed by atoms with van der Waals surface area (Å²) in [5.74, 6) is 0.0962. The number of halogens is 1. The number of aromatic nitrogens is 2. The number of pyridine rings is 2. The molecule has 0 aliphatic rings. The zero-order valence-electron chi connectivity index (χ0n) is 12.6. The van der Waals surface area contributed by atoms with E-state index in [2.05, 4.69) is 9.97 Å². The minimum atomic E-state index is -0.564. The van der Waals surface area contributed by atoms with E-state index in [4.69, 9.17) is 4.65 Å². The molecule has 4 rings (SSSR count). The highest BCUT2D eigenvalue weighted by Crippen LogP contribution is 2.23. The van der Waals surface area contributed by atoms with Crippen molar-refractivity contribution in [2.75, 3.05) is 0 Å². The molecule has 24 heavy (non-hydrogen) atoms. The summed E-state index contributed by atoms with van der Waals surface area (Å²) in [6.07, 6.45) is 3.16. The van der Waals surface area contributed by atoms with E-state index in [1.165, 1.54) is 17.5 Å². The van der Waals surface area contributed by atoms with Gasteiger partial charge >= 0.3 is 6.92 Å². The smallest absolute Gasteiger partial charge is 0.441 e. The summed E-state index contributed by atoms with van der Waals surface area (Å²) in [4.78, 5) is 8.16. The van der Waals surface area contributed by atoms with Crippen molar-refractivity contribution in [3.05, 3.63) is 78.3 Å². The van der Waals surface area contributed by atoms with Gasteiger partial charge in [-0.05, 0) is 23.6 Å². The number of benzene rings is 1. The summed E-state index contributed by atoms with van der Waals surface area (Å²) < 4.78 is 21.4. The van der Waals surface area contributed by atoms with Crippen LogP contribution in [0.25, 0.3) is 10.9 Å². The van der Waals surface area contributed by atoms with Gasteiger partial charge in [0.2, 0.25) is 5.95 Å². The van der Waals surface area contributed by atoms with E-state index < -0.39 is 12.9 Å². The summed E-state index contributed by atoms with van der Waals surface area (Å²) in [5, 5.41) is 2.92. The van der Waals surface area contributed by atoms with Crippen molar-refractivity contribution in [3.8, 4) is 5.75 Å². The zero-order chi connectivity index (χ0) is 16.4. The Morgan fingerprint density at radius 2 is 1.75 bits per heavy atom. The molecule has 0 unspecified atom stereocenters. The highest BCUT2D eigenvalue weighted by atomic mass is 32.1. The Bertz CT molecular complexity index is 972. The van der Waals surface area contributed by atoms with Crippen molar-refractivity contribution in [3.63, 3.8) is 0 Å². The molecule has 1 aromatic carbocycles. The fourth-order valence-corrected chi connectivity index (χ4v) is 3.38. The van der Waals surface area contributed by atoms with Gasteiger partial charge in [0.15, 0.2) is 0 Å². The molecule has 116 valence electrons. The molecule has 0 aliphatic carbocycles. The Balaban J connectivity index is 1.82. The van der Waals surface area contributed by atoms with Crippen molar-refractivity contribution in [2.45, 2.75) is 0 Å². The summed E-state index contributed by atoms with van der Waals surface area (Å²) in [5.41, 5.74) is 1.17. The molecule has 3 heterocycles. The molecule has 0 atom stereocenters. The van der Waals surface area contributed by atoms with Gasteiger partial charge in [-0.25, -0.2) is 4.98 Å². The van der Waals surface area contributed by atoms with Gasteiger partial charge in [-0.1, -0.05) is 36.4 Å². The SMILES string of the molecule is Fc1ncccc1B(Oc1cccc2cccnc12)c1cccs1. The van der Waals surface area contributed by atoms with Gasteiger partial charge in [0, 0.05) is 28.0 Å². The molecule has 0 N–H and O–H groups in total. The van der Waals surface area contributed by atoms with Crippen LogP contribution >= 0.6 is 11.3 Å². The van der Waals surface area contributed by atoms with Gasteiger partial charge in [-0.2, -0.15) is 15.7 Å². The van der Waals surface area contributed by atoms with Crippen molar-refractivity contribution >= 4 is 39.4 Å². The zero-order valence-corrected chi connectivity index (χ0v) is 13.4. The molecule has 0 aliphatic heterocycles. The normalized spacial score (nSPS) is 10.7. The highest BCUT2D eigenvalue weighted by molar-refractivity contribution is 7.23. The number of nitrogens with zero attached hydrogens (tertiary/aromatic N) is 2. The first-order valence-electron chi connectivity index (χ1n) is 7.47. The first-order chi connectivity index (χ1) is 11.8. The van der Waals surface area contributed by atoms with E-state index in [0.717, 1.165) is 15.7 Å². The summed E-state index contributed by atoms with van der Waals surface area (Å²) in [6, 6.07) is 16.8. The lowest BCUT2D eigenvalue weighted by Gasteiger charge is -2.16. The van der Waals surface area contributed by atoms with Crippen molar-refractivity contribution in [1.82, 2.24) is 9.97 Å². The fourth-order valence-electron chi connectivity index (χ4n) is 2.61. The Kier molecular flexibility index (Phi) is 3.97. The van der Waals surface area contributed by atoms with Crippen LogP contribution in [0.4, 0.5) is 4.39 Å². The Hall–Kier alpha value is -2.73. The molecule has 6 heteroatoms. The second-order valence-corrected chi connectivity index (χ2v) is 6.21. The number of fused-ring (bicyclic) bond motifs is 1. The molecule has 0 radical (unpaired) electrons. The third-order valence-corrected chi connectivity index (χ3v) is 4.63. The number of rotatable bonds is 4. The van der Waals surface area contributed by atoms with Crippen LogP contribution in [0.2, 0.25) is 0 Å².